The monoisotopic (exact) mass is 232 g/mol. The highest BCUT2D eigenvalue weighted by Crippen LogP contribution is 2.30. The van der Waals surface area contributed by atoms with E-state index in [1.807, 2.05) is 0 Å². The van der Waals surface area contributed by atoms with Gasteiger partial charge in [0.2, 0.25) is 0 Å². The molecule has 0 saturated carbocycles. The maximum Gasteiger partial charge on any atom is 0.0626 e. The molecule has 2 rings (SSSR count). The van der Waals surface area contributed by atoms with Crippen molar-refractivity contribution in [2.24, 2.45) is 0 Å². The smallest absolute Gasteiger partial charge is 0.0626 e. The third-order valence-electron chi connectivity index (χ3n) is 3.52. The molecule has 0 unspecified atom stereocenters. The van der Waals surface area contributed by atoms with Gasteiger partial charge in [-0.05, 0) is 37.5 Å². The molecule has 0 saturated heterocycles. The molecule has 2 aromatic heterocycles. The molecule has 0 aliphatic rings. The molecule has 94 valence electrons. The predicted molar refractivity (Wildman–Crippen MR) is 76.3 cm³/mol. The van der Waals surface area contributed by atoms with E-state index in [4.69, 9.17) is 0 Å². The van der Waals surface area contributed by atoms with Crippen LogP contribution in [0.5, 0.6) is 0 Å². The van der Waals surface area contributed by atoms with Crippen LogP contribution in [0.1, 0.15) is 45.1 Å². The molecular weight excluding hydrogens is 208 g/mol. The van der Waals surface area contributed by atoms with Gasteiger partial charge in [0.25, 0.3) is 0 Å². The van der Waals surface area contributed by atoms with Crippen LogP contribution in [0.2, 0.25) is 0 Å². The first-order valence-corrected chi connectivity index (χ1v) is 6.92. The first-order chi connectivity index (χ1) is 8.26. The average Bonchev–Trinajstić information content (AvgIpc) is 2.88. The van der Waals surface area contributed by atoms with Crippen molar-refractivity contribution in [2.45, 2.75) is 46.5 Å². The molecule has 0 amide bonds. The number of fused-ring (bicyclic) bond motifs is 2. The van der Waals surface area contributed by atoms with Gasteiger partial charge in [0.05, 0.1) is 11.2 Å². The molecule has 0 aliphatic carbocycles. The highest BCUT2D eigenvalue weighted by Gasteiger charge is 2.13. The molecular formula is C15H24N2. The Morgan fingerprint density at radius 2 is 1.65 bits per heavy atom. The van der Waals surface area contributed by atoms with Crippen molar-refractivity contribution in [2.75, 3.05) is 18.0 Å². The van der Waals surface area contributed by atoms with Crippen molar-refractivity contribution in [1.82, 2.24) is 4.98 Å². The zero-order valence-corrected chi connectivity index (χ0v) is 11.3. The van der Waals surface area contributed by atoms with Crippen LogP contribution < -0.4 is 4.90 Å². The van der Waals surface area contributed by atoms with E-state index in [2.05, 4.69) is 42.8 Å². The van der Waals surface area contributed by atoms with Crippen LogP contribution in [-0.4, -0.2) is 18.1 Å². The van der Waals surface area contributed by atoms with Crippen LogP contribution in [0, 0.1) is 6.92 Å². The predicted octanol–water partition coefficient (Wildman–Crippen LogP) is 4.32. The lowest BCUT2D eigenvalue weighted by molar-refractivity contribution is 0.680. The molecule has 0 radical (unpaired) electrons. The molecule has 2 heterocycles. The minimum Gasteiger partial charge on any atom is -0.370 e. The van der Waals surface area contributed by atoms with E-state index in [0.717, 1.165) is 0 Å². The number of H-pyrrole nitrogens is 1. The zero-order chi connectivity index (χ0) is 12.3. The van der Waals surface area contributed by atoms with E-state index < -0.39 is 0 Å². The van der Waals surface area contributed by atoms with Crippen molar-refractivity contribution in [3.8, 4) is 0 Å². The van der Waals surface area contributed by atoms with Crippen molar-refractivity contribution >= 4 is 16.7 Å². The minimum atomic E-state index is 1.19. The second-order valence-corrected chi connectivity index (χ2v) is 5.00. The first-order valence-electron chi connectivity index (χ1n) is 6.92. The first kappa shape index (κ1) is 12.3. The molecule has 1 N–H and O–H groups in total. The number of anilines is 1. The van der Waals surface area contributed by atoms with Gasteiger partial charge in [0, 0.05) is 18.6 Å². The number of hydrogen-bond acceptors (Lipinski definition) is 1. The fourth-order valence-electron chi connectivity index (χ4n) is 2.39. The summed E-state index contributed by atoms with van der Waals surface area (Å²) < 4.78 is 0. The molecule has 2 heteroatoms. The van der Waals surface area contributed by atoms with Gasteiger partial charge < -0.3 is 9.88 Å². The Kier molecular flexibility index (Phi) is 3.93. The third-order valence-corrected chi connectivity index (χ3v) is 3.52. The molecule has 0 aliphatic heterocycles. The van der Waals surface area contributed by atoms with Crippen LogP contribution in [0.3, 0.4) is 0 Å². The summed E-state index contributed by atoms with van der Waals surface area (Å²) in [5.74, 6) is 0. The van der Waals surface area contributed by atoms with Crippen LogP contribution >= 0.6 is 0 Å². The summed E-state index contributed by atoms with van der Waals surface area (Å²) in [5.41, 5.74) is 5.39. The Hall–Kier alpha value is -1.18. The van der Waals surface area contributed by atoms with Gasteiger partial charge in [-0.25, -0.2) is 0 Å². The highest BCUT2D eigenvalue weighted by molar-refractivity contribution is 5.86. The molecule has 2 nitrogen and oxygen atoms in total. The minimum absolute atomic E-state index is 1.19. The van der Waals surface area contributed by atoms with Crippen LogP contribution in [-0.2, 0) is 0 Å². The standard InChI is InChI=1S/C15H24N2/c1-4-6-8-17(9-7-5-2)15-11-13-12(3)10-14(15)16-13/h10-11,16H,4-9H2,1-3H3. The fourth-order valence-corrected chi connectivity index (χ4v) is 2.39. The molecule has 2 aromatic rings. The lowest BCUT2D eigenvalue weighted by Gasteiger charge is -2.24. The van der Waals surface area contributed by atoms with E-state index in [9.17, 15) is 0 Å². The van der Waals surface area contributed by atoms with Crippen molar-refractivity contribution in [3.63, 3.8) is 0 Å². The van der Waals surface area contributed by atoms with Crippen molar-refractivity contribution < 1.29 is 0 Å². The summed E-state index contributed by atoms with van der Waals surface area (Å²) in [6.07, 6.45) is 5.10. The Morgan fingerprint density at radius 1 is 1.00 bits per heavy atom. The number of unbranched alkanes of at least 4 members (excludes halogenated alkanes) is 2. The van der Waals surface area contributed by atoms with Gasteiger partial charge in [-0.2, -0.15) is 0 Å². The maximum absolute atomic E-state index is 3.47. The Bertz CT molecular complexity index is 436. The number of aromatic nitrogens is 1. The summed E-state index contributed by atoms with van der Waals surface area (Å²) in [4.78, 5) is 6.01. The number of aromatic amines is 1. The second kappa shape index (κ2) is 5.44. The average molecular weight is 232 g/mol. The topological polar surface area (TPSA) is 19.0 Å². The van der Waals surface area contributed by atoms with Gasteiger partial charge in [0.15, 0.2) is 0 Å². The van der Waals surface area contributed by atoms with Gasteiger partial charge in [-0.15, -0.1) is 0 Å². The normalized spacial score (nSPS) is 11.5. The Balaban J connectivity index is 2.13. The summed E-state index contributed by atoms with van der Waals surface area (Å²) in [7, 11) is 0. The van der Waals surface area contributed by atoms with Crippen LogP contribution in [0.25, 0.3) is 11.0 Å². The molecule has 0 aromatic carbocycles. The van der Waals surface area contributed by atoms with E-state index in [-0.39, 0.29) is 0 Å². The quantitative estimate of drug-likeness (QED) is 0.753. The Labute approximate surface area is 104 Å². The number of nitrogens with zero attached hydrogens (tertiary/aromatic N) is 1. The number of aryl methyl sites for hydroxylation is 1. The second-order valence-electron chi connectivity index (χ2n) is 5.00. The maximum atomic E-state index is 3.47. The summed E-state index contributed by atoms with van der Waals surface area (Å²) in [5, 5.41) is 0. The lowest BCUT2D eigenvalue weighted by atomic mass is 10.2. The highest BCUT2D eigenvalue weighted by atomic mass is 15.1. The number of benzene rings is 1. The van der Waals surface area contributed by atoms with E-state index in [1.54, 1.807) is 0 Å². The lowest BCUT2D eigenvalue weighted by Crippen LogP contribution is -2.25. The van der Waals surface area contributed by atoms with Gasteiger partial charge in [-0.1, -0.05) is 26.7 Å². The fraction of sp³-hybridized carbons (Fsp3) is 0.600. The summed E-state index contributed by atoms with van der Waals surface area (Å²) in [6.45, 7) is 9.07. The van der Waals surface area contributed by atoms with Gasteiger partial charge in [-0.3, -0.25) is 0 Å². The summed E-state index contributed by atoms with van der Waals surface area (Å²) in [6, 6.07) is 4.59. The van der Waals surface area contributed by atoms with Crippen LogP contribution in [0.4, 0.5) is 5.69 Å². The number of hydrogen-bond donors (Lipinski definition) is 1. The number of rotatable bonds is 7. The zero-order valence-electron chi connectivity index (χ0n) is 11.3. The number of nitrogens with one attached hydrogen (secondary N) is 1. The Morgan fingerprint density at radius 3 is 2.06 bits per heavy atom. The SMILES string of the molecule is CCCCN(CCCC)c1cc2[nH]c1cc2C. The van der Waals surface area contributed by atoms with E-state index in [1.165, 1.54) is 61.1 Å². The van der Waals surface area contributed by atoms with Gasteiger partial charge in [0.1, 0.15) is 0 Å². The molecule has 0 atom stereocenters. The van der Waals surface area contributed by atoms with Crippen molar-refractivity contribution in [1.29, 1.82) is 0 Å². The van der Waals surface area contributed by atoms with E-state index >= 15 is 0 Å². The molecule has 2 bridgehead atoms. The van der Waals surface area contributed by atoms with Gasteiger partial charge >= 0.3 is 0 Å². The molecule has 17 heavy (non-hydrogen) atoms. The summed E-state index contributed by atoms with van der Waals surface area (Å²) >= 11 is 0. The van der Waals surface area contributed by atoms with Crippen LogP contribution in [0.15, 0.2) is 12.1 Å². The largest absolute Gasteiger partial charge is 0.370 e. The third kappa shape index (κ3) is 2.56. The molecule has 0 spiro atoms. The van der Waals surface area contributed by atoms with Crippen molar-refractivity contribution in [3.05, 3.63) is 17.7 Å². The van der Waals surface area contributed by atoms with E-state index in [0.29, 0.717) is 0 Å². The molecule has 0 fully saturated rings.